The van der Waals surface area contributed by atoms with Crippen molar-refractivity contribution in [3.8, 4) is 17.2 Å². The van der Waals surface area contributed by atoms with E-state index < -0.39 is 6.10 Å². The van der Waals surface area contributed by atoms with Gasteiger partial charge < -0.3 is 29.6 Å². The van der Waals surface area contributed by atoms with E-state index in [9.17, 15) is 9.90 Å². The number of nitrogens with one attached hydrogen (secondary N) is 2. The van der Waals surface area contributed by atoms with Crippen molar-refractivity contribution in [2.45, 2.75) is 12.5 Å². The number of pyridine rings is 1. The molecule has 0 spiro atoms. The molecule has 0 amide bonds. The predicted octanol–water partition coefficient (Wildman–Crippen LogP) is 2.12. The van der Waals surface area contributed by atoms with Gasteiger partial charge in [0.1, 0.15) is 18.5 Å². The molecule has 3 aromatic rings. The molecule has 7 heteroatoms. The van der Waals surface area contributed by atoms with Crippen LogP contribution in [0.1, 0.15) is 5.56 Å². The third-order valence-corrected chi connectivity index (χ3v) is 4.57. The lowest BCUT2D eigenvalue weighted by Gasteiger charge is -2.15. The lowest BCUT2D eigenvalue weighted by atomic mass is 10.1. The summed E-state index contributed by atoms with van der Waals surface area (Å²) in [6, 6.07) is 14.4. The SMILES string of the molecule is COc1ccc(CCNCC(O)COc2cccc3[nH]c(=O)ccc23)cc1OC. The number of ether oxygens (including phenoxy) is 3. The van der Waals surface area contributed by atoms with Crippen molar-refractivity contribution >= 4 is 10.9 Å². The Labute approximate surface area is 169 Å². The summed E-state index contributed by atoms with van der Waals surface area (Å²) in [5.41, 5.74) is 1.66. The number of rotatable bonds is 10. The highest BCUT2D eigenvalue weighted by molar-refractivity contribution is 5.84. The summed E-state index contributed by atoms with van der Waals surface area (Å²) < 4.78 is 16.3. The van der Waals surface area contributed by atoms with Crippen LogP contribution in [-0.4, -0.2) is 50.1 Å². The highest BCUT2D eigenvalue weighted by Crippen LogP contribution is 2.27. The Morgan fingerprint density at radius 2 is 1.86 bits per heavy atom. The van der Waals surface area contributed by atoms with Gasteiger partial charge in [0.15, 0.2) is 11.5 Å². The average Bonchev–Trinajstić information content (AvgIpc) is 2.74. The molecule has 0 saturated carbocycles. The number of aromatic nitrogens is 1. The minimum absolute atomic E-state index is 0.154. The van der Waals surface area contributed by atoms with E-state index in [1.165, 1.54) is 6.07 Å². The third kappa shape index (κ3) is 5.49. The molecule has 29 heavy (non-hydrogen) atoms. The van der Waals surface area contributed by atoms with Crippen molar-refractivity contribution in [3.63, 3.8) is 0 Å². The Kier molecular flexibility index (Phi) is 7.10. The molecule has 3 N–H and O–H groups in total. The van der Waals surface area contributed by atoms with E-state index in [1.54, 1.807) is 26.4 Å². The van der Waals surface area contributed by atoms with Crippen LogP contribution in [0.15, 0.2) is 53.3 Å². The number of methoxy groups -OCH3 is 2. The number of aliphatic hydroxyl groups excluding tert-OH is 1. The topological polar surface area (TPSA) is 92.8 Å². The quantitative estimate of drug-likeness (QED) is 0.453. The molecule has 1 unspecified atom stereocenters. The molecule has 0 aliphatic rings. The van der Waals surface area contributed by atoms with E-state index in [0.29, 0.717) is 35.9 Å². The molecule has 0 fully saturated rings. The Morgan fingerprint density at radius 1 is 1.03 bits per heavy atom. The van der Waals surface area contributed by atoms with Crippen molar-refractivity contribution in [2.24, 2.45) is 0 Å². The van der Waals surface area contributed by atoms with Crippen molar-refractivity contribution in [3.05, 3.63) is 64.4 Å². The molecule has 1 aromatic heterocycles. The van der Waals surface area contributed by atoms with Gasteiger partial charge in [-0.25, -0.2) is 0 Å². The lowest BCUT2D eigenvalue weighted by molar-refractivity contribution is 0.107. The summed E-state index contributed by atoms with van der Waals surface area (Å²) in [6.45, 7) is 1.28. The van der Waals surface area contributed by atoms with Crippen LogP contribution in [0.3, 0.4) is 0 Å². The lowest BCUT2D eigenvalue weighted by Crippen LogP contribution is -2.32. The smallest absolute Gasteiger partial charge is 0.248 e. The summed E-state index contributed by atoms with van der Waals surface area (Å²) in [7, 11) is 3.23. The number of hydrogen-bond donors (Lipinski definition) is 3. The molecule has 0 saturated heterocycles. The first-order valence-corrected chi connectivity index (χ1v) is 9.45. The third-order valence-electron chi connectivity index (χ3n) is 4.57. The van der Waals surface area contributed by atoms with Gasteiger partial charge in [0.05, 0.1) is 19.7 Å². The van der Waals surface area contributed by atoms with Gasteiger partial charge in [0.2, 0.25) is 5.56 Å². The summed E-state index contributed by atoms with van der Waals surface area (Å²) in [5, 5.41) is 14.2. The molecule has 1 heterocycles. The molecule has 0 bridgehead atoms. The second-order valence-corrected chi connectivity index (χ2v) is 6.65. The Hall–Kier alpha value is -3.03. The van der Waals surface area contributed by atoms with Gasteiger partial charge in [-0.2, -0.15) is 0 Å². The Balaban J connectivity index is 1.45. The van der Waals surface area contributed by atoms with E-state index in [0.717, 1.165) is 17.4 Å². The maximum atomic E-state index is 11.4. The van der Waals surface area contributed by atoms with Crippen LogP contribution in [0.5, 0.6) is 17.2 Å². The van der Waals surface area contributed by atoms with Gasteiger partial charge in [0.25, 0.3) is 0 Å². The largest absolute Gasteiger partial charge is 0.493 e. The fourth-order valence-electron chi connectivity index (χ4n) is 3.07. The highest BCUT2D eigenvalue weighted by Gasteiger charge is 2.08. The zero-order valence-corrected chi connectivity index (χ0v) is 16.6. The van der Waals surface area contributed by atoms with Crippen LogP contribution in [0.4, 0.5) is 0 Å². The molecule has 3 rings (SSSR count). The highest BCUT2D eigenvalue weighted by atomic mass is 16.5. The van der Waals surface area contributed by atoms with Crippen LogP contribution in [-0.2, 0) is 6.42 Å². The monoisotopic (exact) mass is 398 g/mol. The average molecular weight is 398 g/mol. The first-order chi connectivity index (χ1) is 14.1. The molecule has 2 aromatic carbocycles. The molecule has 154 valence electrons. The number of H-pyrrole nitrogens is 1. The van der Waals surface area contributed by atoms with E-state index in [1.807, 2.05) is 30.3 Å². The van der Waals surface area contributed by atoms with Crippen LogP contribution in [0, 0.1) is 0 Å². The minimum Gasteiger partial charge on any atom is -0.493 e. The van der Waals surface area contributed by atoms with E-state index in [-0.39, 0.29) is 12.2 Å². The zero-order valence-electron chi connectivity index (χ0n) is 16.6. The van der Waals surface area contributed by atoms with Gasteiger partial charge >= 0.3 is 0 Å². The first kappa shape index (κ1) is 20.7. The maximum absolute atomic E-state index is 11.4. The van der Waals surface area contributed by atoms with E-state index >= 15 is 0 Å². The molecule has 0 aliphatic carbocycles. The molecule has 0 radical (unpaired) electrons. The van der Waals surface area contributed by atoms with Gasteiger partial charge in [-0.1, -0.05) is 12.1 Å². The number of fused-ring (bicyclic) bond motifs is 1. The van der Waals surface area contributed by atoms with Crippen molar-refractivity contribution in [2.75, 3.05) is 33.9 Å². The Bertz CT molecular complexity index is 1000. The van der Waals surface area contributed by atoms with Crippen LogP contribution < -0.4 is 25.1 Å². The van der Waals surface area contributed by atoms with Crippen LogP contribution >= 0.6 is 0 Å². The fraction of sp³-hybridized carbons (Fsp3) is 0.318. The standard InChI is InChI=1S/C22H26N2O5/c1-27-20-8-6-15(12-21(20)28-2)10-11-23-13-16(25)14-29-19-5-3-4-18-17(19)7-9-22(26)24-18/h3-9,12,16,23,25H,10-11,13-14H2,1-2H3,(H,24,26). The van der Waals surface area contributed by atoms with Crippen molar-refractivity contribution in [1.29, 1.82) is 0 Å². The molecular weight excluding hydrogens is 372 g/mol. The maximum Gasteiger partial charge on any atom is 0.248 e. The zero-order chi connectivity index (χ0) is 20.6. The summed E-state index contributed by atoms with van der Waals surface area (Å²) in [5.74, 6) is 2.03. The summed E-state index contributed by atoms with van der Waals surface area (Å²) in [6.07, 6.45) is 0.142. The molecule has 1 atom stereocenters. The second kappa shape index (κ2) is 9.95. The van der Waals surface area contributed by atoms with Crippen molar-refractivity contribution in [1.82, 2.24) is 10.3 Å². The van der Waals surface area contributed by atoms with Gasteiger partial charge in [-0.3, -0.25) is 4.79 Å². The van der Waals surface area contributed by atoms with Gasteiger partial charge in [-0.15, -0.1) is 0 Å². The molecular formula is C22H26N2O5. The summed E-state index contributed by atoms with van der Waals surface area (Å²) in [4.78, 5) is 14.2. The number of hydrogen-bond acceptors (Lipinski definition) is 6. The van der Waals surface area contributed by atoms with Crippen LogP contribution in [0.25, 0.3) is 10.9 Å². The fourth-order valence-corrected chi connectivity index (χ4v) is 3.07. The van der Waals surface area contributed by atoms with E-state index in [2.05, 4.69) is 10.3 Å². The van der Waals surface area contributed by atoms with Gasteiger partial charge in [-0.05, 0) is 48.9 Å². The number of benzene rings is 2. The minimum atomic E-state index is -0.654. The molecule has 7 nitrogen and oxygen atoms in total. The molecule has 0 aliphatic heterocycles. The number of aliphatic hydroxyl groups is 1. The van der Waals surface area contributed by atoms with Crippen molar-refractivity contribution < 1.29 is 19.3 Å². The Morgan fingerprint density at radius 3 is 2.66 bits per heavy atom. The number of aromatic amines is 1. The summed E-state index contributed by atoms with van der Waals surface area (Å²) >= 11 is 0. The first-order valence-electron chi connectivity index (χ1n) is 9.45. The second-order valence-electron chi connectivity index (χ2n) is 6.65. The van der Waals surface area contributed by atoms with Gasteiger partial charge in [0, 0.05) is 18.0 Å². The predicted molar refractivity (Wildman–Crippen MR) is 112 cm³/mol. The van der Waals surface area contributed by atoms with Crippen LogP contribution in [0.2, 0.25) is 0 Å². The van der Waals surface area contributed by atoms with E-state index in [4.69, 9.17) is 14.2 Å². The normalized spacial score (nSPS) is 12.0.